The second-order valence-corrected chi connectivity index (χ2v) is 11.4. The zero-order valence-corrected chi connectivity index (χ0v) is 18.8. The summed E-state index contributed by atoms with van der Waals surface area (Å²) in [6.45, 7) is 7.18. The van der Waals surface area contributed by atoms with E-state index in [1.54, 1.807) is 0 Å². The predicted octanol–water partition coefficient (Wildman–Crippen LogP) is 4.77. The maximum Gasteiger partial charge on any atom is 0.305 e. The number of fused-ring (bicyclic) bond motifs is 5. The molecule has 9 atom stereocenters. The molecule has 4 aliphatic rings. The predicted molar refractivity (Wildman–Crippen MR) is 112 cm³/mol. The minimum Gasteiger partial charge on any atom is -0.469 e. The van der Waals surface area contributed by atoms with Crippen molar-refractivity contribution in [2.75, 3.05) is 7.11 Å². The van der Waals surface area contributed by atoms with Gasteiger partial charge in [0.2, 0.25) is 0 Å². The van der Waals surface area contributed by atoms with Crippen molar-refractivity contribution in [3.63, 3.8) is 0 Å². The molecule has 0 amide bonds. The van der Waals surface area contributed by atoms with Crippen LogP contribution in [0.2, 0.25) is 0 Å². The molecule has 0 heterocycles. The standard InChI is InChI=1S/C25H40O4/c1-15(5-8-22(28)29-4)18-6-7-19-23-20(10-12-25(18,19)3)24(2)11-9-17(26)13-16(24)14-21(23)27/h15-20,23,26H,5-14H2,1-4H3/t15?,16-,17+,18?,19?,20?,23?,24-,25+/m0/s1. The van der Waals surface area contributed by atoms with Gasteiger partial charge in [0, 0.05) is 18.8 Å². The number of ether oxygens (including phenoxy) is 1. The van der Waals surface area contributed by atoms with Crippen LogP contribution >= 0.6 is 0 Å². The molecule has 29 heavy (non-hydrogen) atoms. The lowest BCUT2D eigenvalue weighted by Gasteiger charge is -2.60. The number of methoxy groups -OCH3 is 1. The molecule has 0 aromatic carbocycles. The first kappa shape index (κ1) is 21.3. The third kappa shape index (κ3) is 3.38. The molecule has 0 aliphatic heterocycles. The summed E-state index contributed by atoms with van der Waals surface area (Å²) in [6, 6.07) is 0. The van der Waals surface area contributed by atoms with Crippen molar-refractivity contribution < 1.29 is 19.4 Å². The Morgan fingerprint density at radius 1 is 1.14 bits per heavy atom. The number of carbonyl (C=O) groups is 2. The maximum absolute atomic E-state index is 13.4. The van der Waals surface area contributed by atoms with Gasteiger partial charge in [0.25, 0.3) is 0 Å². The number of aliphatic hydroxyl groups is 1. The summed E-state index contributed by atoms with van der Waals surface area (Å²) < 4.78 is 4.85. The van der Waals surface area contributed by atoms with Crippen LogP contribution in [0.1, 0.15) is 85.0 Å². The molecule has 4 nitrogen and oxygen atoms in total. The molecule has 0 saturated heterocycles. The first-order chi connectivity index (χ1) is 13.7. The lowest BCUT2D eigenvalue weighted by molar-refractivity contribution is -0.160. The zero-order valence-electron chi connectivity index (χ0n) is 18.8. The van der Waals surface area contributed by atoms with Gasteiger partial charge in [0.15, 0.2) is 0 Å². The molecule has 0 spiro atoms. The van der Waals surface area contributed by atoms with Gasteiger partial charge in [-0.05, 0) is 91.8 Å². The van der Waals surface area contributed by atoms with Crippen LogP contribution in [0.5, 0.6) is 0 Å². The van der Waals surface area contributed by atoms with E-state index in [2.05, 4.69) is 20.8 Å². The third-order valence-electron chi connectivity index (χ3n) is 10.2. The fraction of sp³-hybridized carbons (Fsp3) is 0.920. The van der Waals surface area contributed by atoms with E-state index >= 15 is 0 Å². The average Bonchev–Trinajstić information content (AvgIpc) is 3.04. The summed E-state index contributed by atoms with van der Waals surface area (Å²) in [5, 5.41) is 10.2. The van der Waals surface area contributed by atoms with E-state index in [4.69, 9.17) is 4.74 Å². The van der Waals surface area contributed by atoms with Gasteiger partial charge in [-0.15, -0.1) is 0 Å². The molecule has 4 aliphatic carbocycles. The topological polar surface area (TPSA) is 63.6 Å². The van der Waals surface area contributed by atoms with Crippen LogP contribution < -0.4 is 0 Å². The molecular weight excluding hydrogens is 364 g/mol. The Balaban J connectivity index is 1.53. The van der Waals surface area contributed by atoms with Crippen molar-refractivity contribution >= 4 is 11.8 Å². The Kier molecular flexibility index (Phi) is 5.63. The normalized spacial score (nSPS) is 47.7. The third-order valence-corrected chi connectivity index (χ3v) is 10.2. The molecule has 0 aromatic rings. The number of aliphatic hydroxyl groups excluding tert-OH is 1. The van der Waals surface area contributed by atoms with Crippen molar-refractivity contribution in [1.82, 2.24) is 0 Å². The highest BCUT2D eigenvalue weighted by Gasteiger charge is 2.62. The Hall–Kier alpha value is -0.900. The first-order valence-electron chi connectivity index (χ1n) is 12.0. The number of hydrogen-bond donors (Lipinski definition) is 1. The van der Waals surface area contributed by atoms with Crippen molar-refractivity contribution in [3.8, 4) is 0 Å². The van der Waals surface area contributed by atoms with Gasteiger partial charge in [-0.25, -0.2) is 0 Å². The van der Waals surface area contributed by atoms with E-state index in [0.29, 0.717) is 48.2 Å². The van der Waals surface area contributed by atoms with Crippen molar-refractivity contribution in [2.45, 2.75) is 91.1 Å². The quantitative estimate of drug-likeness (QED) is 0.685. The van der Waals surface area contributed by atoms with Crippen molar-refractivity contribution in [3.05, 3.63) is 0 Å². The number of hydrogen-bond acceptors (Lipinski definition) is 4. The summed E-state index contributed by atoms with van der Waals surface area (Å²) in [4.78, 5) is 25.0. The van der Waals surface area contributed by atoms with Gasteiger partial charge in [-0.3, -0.25) is 9.59 Å². The van der Waals surface area contributed by atoms with E-state index in [9.17, 15) is 14.7 Å². The Morgan fingerprint density at radius 2 is 1.83 bits per heavy atom. The lowest BCUT2D eigenvalue weighted by atomic mass is 9.44. The number of esters is 1. The van der Waals surface area contributed by atoms with E-state index < -0.39 is 0 Å². The van der Waals surface area contributed by atoms with Crippen LogP contribution in [-0.4, -0.2) is 30.1 Å². The summed E-state index contributed by atoms with van der Waals surface area (Å²) >= 11 is 0. The Morgan fingerprint density at radius 3 is 2.55 bits per heavy atom. The molecule has 4 saturated carbocycles. The lowest BCUT2D eigenvalue weighted by Crippen LogP contribution is -2.57. The van der Waals surface area contributed by atoms with E-state index in [1.165, 1.54) is 26.4 Å². The molecule has 4 fully saturated rings. The maximum atomic E-state index is 13.4. The smallest absolute Gasteiger partial charge is 0.305 e. The average molecular weight is 405 g/mol. The first-order valence-corrected chi connectivity index (χ1v) is 12.0. The van der Waals surface area contributed by atoms with E-state index in [0.717, 1.165) is 32.1 Å². The van der Waals surface area contributed by atoms with Crippen LogP contribution in [0.15, 0.2) is 0 Å². The fourth-order valence-electron chi connectivity index (χ4n) is 8.53. The molecule has 0 bridgehead atoms. The fourth-order valence-corrected chi connectivity index (χ4v) is 8.53. The van der Waals surface area contributed by atoms with Gasteiger partial charge < -0.3 is 9.84 Å². The molecule has 0 radical (unpaired) electrons. The summed E-state index contributed by atoms with van der Waals surface area (Å²) in [7, 11) is 1.47. The molecule has 164 valence electrons. The number of carbonyl (C=O) groups excluding carboxylic acids is 2. The Labute approximate surface area is 176 Å². The largest absolute Gasteiger partial charge is 0.469 e. The highest BCUT2D eigenvalue weighted by atomic mass is 16.5. The summed E-state index contributed by atoms with van der Waals surface area (Å²) in [6.07, 6.45) is 9.40. The van der Waals surface area contributed by atoms with Crippen LogP contribution in [-0.2, 0) is 14.3 Å². The van der Waals surface area contributed by atoms with Gasteiger partial charge >= 0.3 is 5.97 Å². The van der Waals surface area contributed by atoms with Crippen LogP contribution in [0.4, 0.5) is 0 Å². The SMILES string of the molecule is COC(=O)CCC(C)C1CCC2C3C(=O)C[C@@H]4C[C@H](O)CC[C@]4(C)C3CC[C@]12C. The molecule has 4 rings (SSSR count). The monoisotopic (exact) mass is 404 g/mol. The van der Waals surface area contributed by atoms with Gasteiger partial charge in [0.05, 0.1) is 13.2 Å². The zero-order chi connectivity index (χ0) is 21.0. The molecule has 1 N–H and O–H groups in total. The summed E-state index contributed by atoms with van der Waals surface area (Å²) in [5.74, 6) is 3.08. The van der Waals surface area contributed by atoms with E-state index in [1.807, 2.05) is 0 Å². The number of rotatable bonds is 4. The Bertz CT molecular complexity index is 659. The molecule has 0 aromatic heterocycles. The molecular formula is C25H40O4. The minimum absolute atomic E-state index is 0.110. The van der Waals surface area contributed by atoms with E-state index in [-0.39, 0.29) is 28.8 Å². The minimum atomic E-state index is -0.210. The van der Waals surface area contributed by atoms with Crippen LogP contribution in [0.3, 0.4) is 0 Å². The highest BCUT2D eigenvalue weighted by Crippen LogP contribution is 2.67. The highest BCUT2D eigenvalue weighted by molar-refractivity contribution is 5.83. The van der Waals surface area contributed by atoms with Crippen molar-refractivity contribution in [1.29, 1.82) is 0 Å². The van der Waals surface area contributed by atoms with Gasteiger partial charge in [0.1, 0.15) is 5.78 Å². The second kappa shape index (κ2) is 7.66. The molecule has 4 heteroatoms. The number of ketones is 1. The van der Waals surface area contributed by atoms with Crippen LogP contribution in [0.25, 0.3) is 0 Å². The van der Waals surface area contributed by atoms with Crippen LogP contribution in [0, 0.1) is 46.3 Å². The number of Topliss-reactive ketones (excluding diaryl/α,β-unsaturated/α-hetero) is 1. The summed E-state index contributed by atoms with van der Waals surface area (Å²) in [5.41, 5.74) is 0.456. The second-order valence-electron chi connectivity index (χ2n) is 11.4. The van der Waals surface area contributed by atoms with Crippen molar-refractivity contribution in [2.24, 2.45) is 46.3 Å². The van der Waals surface area contributed by atoms with Gasteiger partial charge in [-0.2, -0.15) is 0 Å². The van der Waals surface area contributed by atoms with Gasteiger partial charge in [-0.1, -0.05) is 20.8 Å². The molecule has 5 unspecified atom stereocenters.